The van der Waals surface area contributed by atoms with Gasteiger partial charge in [-0.2, -0.15) is 0 Å². The Morgan fingerprint density at radius 3 is 2.39 bits per heavy atom. The maximum atomic E-state index is 13.3. The molecule has 1 aromatic carbocycles. The number of amides is 1. The average molecular weight is 386 g/mol. The number of carbonyl (C=O) groups excluding carboxylic acids is 3. The summed E-state index contributed by atoms with van der Waals surface area (Å²) >= 11 is 0. The lowest BCUT2D eigenvalue weighted by Crippen LogP contribution is -2.44. The van der Waals surface area contributed by atoms with E-state index in [4.69, 9.17) is 4.74 Å². The van der Waals surface area contributed by atoms with Crippen molar-refractivity contribution in [2.24, 2.45) is 0 Å². The molecule has 0 saturated carbocycles. The quantitative estimate of drug-likeness (QED) is 0.588. The van der Waals surface area contributed by atoms with Crippen LogP contribution in [0.1, 0.15) is 64.9 Å². The monoisotopic (exact) mass is 386 g/mol. The van der Waals surface area contributed by atoms with Gasteiger partial charge in [0, 0.05) is 25.1 Å². The first-order valence-corrected chi connectivity index (χ1v) is 9.73. The van der Waals surface area contributed by atoms with Gasteiger partial charge in [-0.3, -0.25) is 15.0 Å². The van der Waals surface area contributed by atoms with Gasteiger partial charge < -0.3 is 4.74 Å². The molecule has 1 amide bonds. The number of allylic oxidation sites excluding steroid dienone is 2. The Kier molecular flexibility index (Phi) is 7.00. The van der Waals surface area contributed by atoms with Crippen LogP contribution < -0.4 is 5.43 Å². The summed E-state index contributed by atoms with van der Waals surface area (Å²) in [6.45, 7) is 7.28. The fourth-order valence-corrected chi connectivity index (χ4v) is 3.25. The highest BCUT2D eigenvalue weighted by Gasteiger charge is 2.32. The maximum absolute atomic E-state index is 13.3. The van der Waals surface area contributed by atoms with Gasteiger partial charge in [-0.25, -0.2) is 9.80 Å². The highest BCUT2D eigenvalue weighted by molar-refractivity contribution is 6.23. The number of ether oxygens (including phenoxy) is 1. The molecule has 0 aromatic heterocycles. The second-order valence-corrected chi connectivity index (χ2v) is 8.02. The van der Waals surface area contributed by atoms with Crippen LogP contribution in [0, 0.1) is 0 Å². The molecule has 2 rings (SSSR count). The van der Waals surface area contributed by atoms with Crippen molar-refractivity contribution < 1.29 is 19.1 Å². The minimum Gasteiger partial charge on any atom is -0.442 e. The molecule has 0 spiro atoms. The van der Waals surface area contributed by atoms with Crippen molar-refractivity contribution in [3.8, 4) is 0 Å². The molecule has 0 aliphatic heterocycles. The van der Waals surface area contributed by atoms with E-state index in [1.165, 1.54) is 12.1 Å². The zero-order chi connectivity index (χ0) is 20.9. The number of hydrazine groups is 1. The van der Waals surface area contributed by atoms with Crippen molar-refractivity contribution in [3.05, 3.63) is 47.2 Å². The zero-order valence-corrected chi connectivity index (χ0v) is 17.4. The van der Waals surface area contributed by atoms with Crippen LogP contribution in [-0.4, -0.2) is 35.3 Å². The molecule has 1 atom stereocenters. The summed E-state index contributed by atoms with van der Waals surface area (Å²) in [7, 11) is 1.52. The van der Waals surface area contributed by atoms with Crippen LogP contribution in [0.3, 0.4) is 0 Å². The predicted octanol–water partition coefficient (Wildman–Crippen LogP) is 4.13. The zero-order valence-electron chi connectivity index (χ0n) is 17.4. The molecular formula is C22H30N2O4. The van der Waals surface area contributed by atoms with Gasteiger partial charge in [0.15, 0.2) is 11.6 Å². The molecule has 0 saturated heterocycles. The Bertz CT molecular complexity index is 762. The molecule has 1 aromatic rings. The van der Waals surface area contributed by atoms with Gasteiger partial charge in [-0.1, -0.05) is 37.3 Å². The van der Waals surface area contributed by atoms with Gasteiger partial charge in [0.1, 0.15) is 5.60 Å². The Hall–Kier alpha value is -2.63. The van der Waals surface area contributed by atoms with Crippen LogP contribution in [0.15, 0.2) is 41.6 Å². The maximum Gasteiger partial charge on any atom is 0.428 e. The lowest BCUT2D eigenvalue weighted by Gasteiger charge is -2.29. The highest BCUT2D eigenvalue weighted by Crippen LogP contribution is 2.29. The first-order chi connectivity index (χ1) is 13.1. The van der Waals surface area contributed by atoms with Gasteiger partial charge in [0.25, 0.3) is 0 Å². The molecule has 0 fully saturated rings. The summed E-state index contributed by atoms with van der Waals surface area (Å²) in [6.07, 6.45) is 1.54. The van der Waals surface area contributed by atoms with E-state index in [1.54, 1.807) is 20.8 Å². The lowest BCUT2D eigenvalue weighted by molar-refractivity contribution is -0.123. The van der Waals surface area contributed by atoms with Gasteiger partial charge in [0.05, 0.1) is 5.57 Å². The van der Waals surface area contributed by atoms with Crippen molar-refractivity contribution >= 4 is 17.7 Å². The van der Waals surface area contributed by atoms with Crippen LogP contribution in [0.2, 0.25) is 0 Å². The minimum absolute atomic E-state index is 0.175. The summed E-state index contributed by atoms with van der Waals surface area (Å²) in [6, 6.07) is 9.48. The van der Waals surface area contributed by atoms with Crippen LogP contribution in [0.25, 0.3) is 0 Å². The first kappa shape index (κ1) is 21.7. The standard InChI is InChI=1S/C22H30N2O4/c1-6-16(15-11-8-7-9-12-15)20(26)19-17(13-10-14-18(19)25)23-24(5)21(27)28-22(2,3)4/h7-9,11-12,16,23H,6,10,13-14H2,1-5H3. The fraction of sp³-hybridized carbons (Fsp3) is 0.500. The van der Waals surface area contributed by atoms with Gasteiger partial charge in [-0.15, -0.1) is 0 Å². The van der Waals surface area contributed by atoms with Crippen molar-refractivity contribution in [1.29, 1.82) is 0 Å². The number of nitrogens with zero attached hydrogens (tertiary/aromatic N) is 1. The Morgan fingerprint density at radius 1 is 1.18 bits per heavy atom. The molecule has 0 bridgehead atoms. The third-order valence-electron chi connectivity index (χ3n) is 4.55. The van der Waals surface area contributed by atoms with Crippen LogP contribution in [-0.2, 0) is 14.3 Å². The van der Waals surface area contributed by atoms with E-state index in [9.17, 15) is 14.4 Å². The number of Topliss-reactive ketones (excluding diaryl/α,β-unsaturated/α-hetero) is 2. The predicted molar refractivity (Wildman–Crippen MR) is 107 cm³/mol. The van der Waals surface area contributed by atoms with E-state index in [0.717, 1.165) is 5.56 Å². The summed E-state index contributed by atoms with van der Waals surface area (Å²) in [5.41, 5.74) is 3.85. The number of nitrogens with one attached hydrogen (secondary N) is 1. The summed E-state index contributed by atoms with van der Waals surface area (Å²) in [5, 5.41) is 1.19. The molecule has 1 aliphatic carbocycles. The van der Waals surface area contributed by atoms with E-state index in [1.807, 2.05) is 37.3 Å². The smallest absolute Gasteiger partial charge is 0.428 e. The molecule has 0 heterocycles. The fourth-order valence-electron chi connectivity index (χ4n) is 3.25. The number of rotatable bonds is 6. The van der Waals surface area contributed by atoms with Crippen molar-refractivity contribution in [2.75, 3.05) is 7.05 Å². The van der Waals surface area contributed by atoms with E-state index >= 15 is 0 Å². The van der Waals surface area contributed by atoms with Gasteiger partial charge in [0.2, 0.25) is 0 Å². The number of ketones is 2. The second kappa shape index (κ2) is 9.04. The Balaban J connectivity index is 2.30. The SMILES string of the molecule is CCC(C(=O)C1=C(NN(C)C(=O)OC(C)(C)C)CCCC1=O)c1ccccc1. The van der Waals surface area contributed by atoms with Crippen molar-refractivity contribution in [2.45, 2.75) is 64.9 Å². The molecule has 6 heteroatoms. The van der Waals surface area contributed by atoms with Crippen molar-refractivity contribution in [3.63, 3.8) is 0 Å². The largest absolute Gasteiger partial charge is 0.442 e. The number of carbonyl (C=O) groups is 3. The van der Waals surface area contributed by atoms with E-state index in [2.05, 4.69) is 5.43 Å². The summed E-state index contributed by atoms with van der Waals surface area (Å²) < 4.78 is 5.33. The topological polar surface area (TPSA) is 75.7 Å². The second-order valence-electron chi connectivity index (χ2n) is 8.02. The van der Waals surface area contributed by atoms with Crippen LogP contribution in [0.4, 0.5) is 4.79 Å². The summed E-state index contributed by atoms with van der Waals surface area (Å²) in [5.74, 6) is -0.758. The third kappa shape index (κ3) is 5.44. The van der Waals surface area contributed by atoms with Crippen LogP contribution >= 0.6 is 0 Å². The molecular weight excluding hydrogens is 356 g/mol. The highest BCUT2D eigenvalue weighted by atomic mass is 16.6. The first-order valence-electron chi connectivity index (χ1n) is 9.73. The van der Waals surface area contributed by atoms with E-state index in [-0.39, 0.29) is 23.1 Å². The molecule has 1 N–H and O–H groups in total. The third-order valence-corrected chi connectivity index (χ3v) is 4.55. The Morgan fingerprint density at radius 2 is 1.82 bits per heavy atom. The van der Waals surface area contributed by atoms with Gasteiger partial charge >= 0.3 is 6.09 Å². The van der Waals surface area contributed by atoms with E-state index in [0.29, 0.717) is 31.4 Å². The Labute approximate surface area is 166 Å². The number of benzene rings is 1. The van der Waals surface area contributed by atoms with Gasteiger partial charge in [-0.05, 0) is 45.6 Å². The summed E-state index contributed by atoms with van der Waals surface area (Å²) in [4.78, 5) is 38.2. The van der Waals surface area contributed by atoms with E-state index < -0.39 is 11.7 Å². The number of hydrogen-bond acceptors (Lipinski definition) is 5. The lowest BCUT2D eigenvalue weighted by atomic mass is 9.83. The number of hydrogen-bond donors (Lipinski definition) is 1. The minimum atomic E-state index is -0.636. The molecule has 1 aliphatic rings. The molecule has 0 radical (unpaired) electrons. The van der Waals surface area contributed by atoms with Crippen molar-refractivity contribution in [1.82, 2.24) is 10.4 Å². The average Bonchev–Trinajstić information content (AvgIpc) is 2.61. The molecule has 6 nitrogen and oxygen atoms in total. The molecule has 28 heavy (non-hydrogen) atoms. The van der Waals surface area contributed by atoms with Crippen LogP contribution in [0.5, 0.6) is 0 Å². The normalized spacial score (nSPS) is 15.8. The molecule has 152 valence electrons. The molecule has 1 unspecified atom stereocenters.